The number of morpholine rings is 1. The van der Waals surface area contributed by atoms with Gasteiger partial charge in [0.2, 0.25) is 0 Å². The van der Waals surface area contributed by atoms with E-state index in [9.17, 15) is 4.79 Å². The summed E-state index contributed by atoms with van der Waals surface area (Å²) in [5.41, 5.74) is 2.90. The summed E-state index contributed by atoms with van der Waals surface area (Å²) in [6, 6.07) is 0. The number of hydrogen-bond acceptors (Lipinski definition) is 6. The molecule has 0 saturated carbocycles. The Hall–Kier alpha value is -1.79. The molecule has 2 fully saturated rings. The lowest BCUT2D eigenvalue weighted by Crippen LogP contribution is -2.37. The molecule has 29 heavy (non-hydrogen) atoms. The van der Waals surface area contributed by atoms with E-state index in [4.69, 9.17) is 4.74 Å². The molecular formula is C23H36N4O2. The van der Waals surface area contributed by atoms with Crippen LogP contribution in [0, 0.1) is 12.8 Å². The van der Waals surface area contributed by atoms with Crippen molar-refractivity contribution in [3.63, 3.8) is 0 Å². The fourth-order valence-corrected chi connectivity index (χ4v) is 4.09. The highest BCUT2D eigenvalue weighted by atomic mass is 16.5. The number of hydrogen-bond donors (Lipinski definition) is 1. The minimum Gasteiger partial charge on any atom is -0.378 e. The quantitative estimate of drug-likeness (QED) is 0.836. The molecular weight excluding hydrogens is 364 g/mol. The van der Waals surface area contributed by atoms with Gasteiger partial charge >= 0.3 is 0 Å². The van der Waals surface area contributed by atoms with Crippen LogP contribution in [-0.4, -0.2) is 55.1 Å². The van der Waals surface area contributed by atoms with E-state index >= 15 is 0 Å². The predicted molar refractivity (Wildman–Crippen MR) is 117 cm³/mol. The van der Waals surface area contributed by atoms with Crippen molar-refractivity contribution in [2.24, 2.45) is 5.92 Å². The number of carbonyl (C=O) groups is 1. The number of anilines is 1. The Bertz CT molecular complexity index is 718. The van der Waals surface area contributed by atoms with Gasteiger partial charge in [0.05, 0.1) is 18.9 Å². The molecule has 6 heteroatoms. The van der Waals surface area contributed by atoms with E-state index in [0.717, 1.165) is 67.1 Å². The van der Waals surface area contributed by atoms with Crippen LogP contribution in [0.15, 0.2) is 5.57 Å². The summed E-state index contributed by atoms with van der Waals surface area (Å²) in [4.78, 5) is 23.5. The largest absolute Gasteiger partial charge is 0.378 e. The Morgan fingerprint density at radius 2 is 2.03 bits per heavy atom. The number of ketones is 1. The highest BCUT2D eigenvalue weighted by Crippen LogP contribution is 2.32. The Balaban J connectivity index is 0.000000252. The number of rotatable bonds is 4. The smallest absolute Gasteiger partial charge is 0.159 e. The van der Waals surface area contributed by atoms with Crippen LogP contribution in [0.2, 0.25) is 0 Å². The molecule has 0 amide bonds. The molecule has 3 heterocycles. The van der Waals surface area contributed by atoms with E-state index in [-0.39, 0.29) is 5.78 Å². The number of ether oxygens (including phenoxy) is 1. The molecule has 1 aromatic heterocycles. The highest BCUT2D eigenvalue weighted by molar-refractivity contribution is 6.02. The van der Waals surface area contributed by atoms with Gasteiger partial charge in [-0.25, -0.2) is 9.97 Å². The van der Waals surface area contributed by atoms with Crippen LogP contribution in [0.4, 0.5) is 5.82 Å². The zero-order valence-corrected chi connectivity index (χ0v) is 18.3. The van der Waals surface area contributed by atoms with Crippen molar-refractivity contribution in [1.82, 2.24) is 15.3 Å². The van der Waals surface area contributed by atoms with E-state index in [0.29, 0.717) is 12.8 Å². The topological polar surface area (TPSA) is 67.4 Å². The fourth-order valence-electron chi connectivity index (χ4n) is 4.09. The maximum Gasteiger partial charge on any atom is 0.159 e. The molecule has 2 saturated heterocycles. The van der Waals surface area contributed by atoms with Gasteiger partial charge in [0, 0.05) is 37.1 Å². The second-order valence-corrected chi connectivity index (χ2v) is 8.36. The first-order valence-corrected chi connectivity index (χ1v) is 11.2. The zero-order valence-electron chi connectivity index (χ0n) is 18.3. The van der Waals surface area contributed by atoms with Crippen LogP contribution in [0.1, 0.15) is 63.0 Å². The van der Waals surface area contributed by atoms with Gasteiger partial charge < -0.3 is 15.0 Å². The van der Waals surface area contributed by atoms with Crippen molar-refractivity contribution < 1.29 is 9.53 Å². The molecule has 1 aliphatic carbocycles. The van der Waals surface area contributed by atoms with Crippen LogP contribution in [0.25, 0.3) is 6.08 Å². The minimum absolute atomic E-state index is 0.237. The highest BCUT2D eigenvalue weighted by Gasteiger charge is 2.26. The van der Waals surface area contributed by atoms with Gasteiger partial charge in [-0.05, 0) is 57.7 Å². The monoisotopic (exact) mass is 400 g/mol. The lowest BCUT2D eigenvalue weighted by Gasteiger charge is -2.29. The van der Waals surface area contributed by atoms with Gasteiger partial charge in [-0.1, -0.05) is 13.8 Å². The number of fused-ring (bicyclic) bond motifs is 1. The summed E-state index contributed by atoms with van der Waals surface area (Å²) < 4.78 is 5.41. The van der Waals surface area contributed by atoms with E-state index in [1.807, 2.05) is 19.9 Å². The average Bonchev–Trinajstić information content (AvgIpc) is 3.01. The molecule has 0 aromatic carbocycles. The van der Waals surface area contributed by atoms with Gasteiger partial charge in [-0.2, -0.15) is 0 Å². The van der Waals surface area contributed by atoms with E-state index < -0.39 is 0 Å². The molecule has 1 aromatic rings. The minimum atomic E-state index is 0.237. The first kappa shape index (κ1) is 21.9. The zero-order chi connectivity index (χ0) is 20.6. The van der Waals surface area contributed by atoms with Crippen molar-refractivity contribution in [3.05, 3.63) is 22.7 Å². The Kier molecular flexibility index (Phi) is 8.19. The first-order chi connectivity index (χ1) is 14.1. The molecule has 1 atom stereocenters. The number of aromatic nitrogens is 2. The number of allylic oxidation sites excluding steroid dienone is 1. The molecule has 6 nitrogen and oxygen atoms in total. The summed E-state index contributed by atoms with van der Waals surface area (Å²) in [6.45, 7) is 11.9. The van der Waals surface area contributed by atoms with Gasteiger partial charge in [0.25, 0.3) is 0 Å². The Labute approximate surface area is 175 Å². The third-order valence-corrected chi connectivity index (χ3v) is 5.82. The summed E-state index contributed by atoms with van der Waals surface area (Å²) >= 11 is 0. The summed E-state index contributed by atoms with van der Waals surface area (Å²) in [5, 5.41) is 3.38. The van der Waals surface area contributed by atoms with E-state index in [1.165, 1.54) is 32.4 Å². The third kappa shape index (κ3) is 6.09. The fraction of sp³-hybridized carbons (Fsp3) is 0.696. The number of nitrogens with zero attached hydrogens (tertiary/aromatic N) is 3. The number of Topliss-reactive ketones (excluding diaryl/α,β-unsaturated/α-hetero) is 1. The van der Waals surface area contributed by atoms with E-state index in [2.05, 4.69) is 27.1 Å². The number of aryl methyl sites for hydroxylation is 1. The van der Waals surface area contributed by atoms with Crippen LogP contribution in [0.5, 0.6) is 0 Å². The van der Waals surface area contributed by atoms with Gasteiger partial charge in [-0.3, -0.25) is 4.79 Å². The summed E-state index contributed by atoms with van der Waals surface area (Å²) in [5.74, 6) is 2.94. The average molecular weight is 401 g/mol. The van der Waals surface area contributed by atoms with Crippen LogP contribution in [0.3, 0.4) is 0 Å². The second kappa shape index (κ2) is 10.8. The number of nitrogens with one attached hydrogen (secondary N) is 1. The number of carbonyl (C=O) groups excluding carboxylic acids is 1. The van der Waals surface area contributed by atoms with Crippen LogP contribution < -0.4 is 10.2 Å². The molecule has 0 spiro atoms. The molecule has 1 N–H and O–H groups in total. The van der Waals surface area contributed by atoms with Crippen molar-refractivity contribution in [3.8, 4) is 0 Å². The molecule has 3 aliphatic rings. The van der Waals surface area contributed by atoms with Crippen molar-refractivity contribution >= 4 is 17.7 Å². The van der Waals surface area contributed by atoms with Crippen LogP contribution in [-0.2, 0) is 16.0 Å². The second-order valence-electron chi connectivity index (χ2n) is 8.36. The Morgan fingerprint density at radius 3 is 2.79 bits per heavy atom. The third-order valence-electron chi connectivity index (χ3n) is 5.82. The molecule has 0 radical (unpaired) electrons. The molecule has 1 unspecified atom stereocenters. The molecule has 160 valence electrons. The standard InChI is InChI=1S/C16H21N3O2.C7H15N/c1-3-4-15(20)12-9-13-14(10-12)17-11(2)18-16(13)19-5-7-21-8-6-19;1-7-3-2-5-8-6-4-7/h10H,3-9H2,1-2H3;7-8H,2-6H2,1H3. The normalized spacial score (nSPS) is 21.6. The van der Waals surface area contributed by atoms with Gasteiger partial charge in [0.15, 0.2) is 5.78 Å². The maximum absolute atomic E-state index is 12.1. The summed E-state index contributed by atoms with van der Waals surface area (Å²) in [6.07, 6.45) is 8.29. The Morgan fingerprint density at radius 1 is 1.24 bits per heavy atom. The lowest BCUT2D eigenvalue weighted by molar-refractivity contribution is -0.115. The first-order valence-electron chi connectivity index (χ1n) is 11.2. The van der Waals surface area contributed by atoms with Gasteiger partial charge in [0.1, 0.15) is 11.6 Å². The van der Waals surface area contributed by atoms with Crippen molar-refractivity contribution in [2.45, 2.75) is 59.3 Å². The van der Waals surface area contributed by atoms with Crippen LogP contribution >= 0.6 is 0 Å². The molecule has 2 aliphatic heterocycles. The predicted octanol–water partition coefficient (Wildman–Crippen LogP) is 3.33. The SMILES string of the molecule is CC1CCCNCC1.CCCC(=O)C1=Cc2nc(C)nc(N3CCOCC3)c2C1. The van der Waals surface area contributed by atoms with E-state index in [1.54, 1.807) is 0 Å². The lowest BCUT2D eigenvalue weighted by atomic mass is 10.0. The molecule has 4 rings (SSSR count). The van der Waals surface area contributed by atoms with Gasteiger partial charge in [-0.15, -0.1) is 0 Å². The maximum atomic E-state index is 12.1. The van der Waals surface area contributed by atoms with Crippen molar-refractivity contribution in [2.75, 3.05) is 44.3 Å². The molecule has 0 bridgehead atoms. The summed E-state index contributed by atoms with van der Waals surface area (Å²) in [7, 11) is 0. The van der Waals surface area contributed by atoms with Crippen molar-refractivity contribution in [1.29, 1.82) is 0 Å².